The van der Waals surface area contributed by atoms with E-state index in [0.717, 1.165) is 64.8 Å². The topological polar surface area (TPSA) is 27.7 Å². The van der Waals surface area contributed by atoms with Gasteiger partial charge in [0.2, 0.25) is 0 Å². The Bertz CT molecular complexity index is 185. The van der Waals surface area contributed by atoms with Gasteiger partial charge >= 0.3 is 8.80 Å². The molecule has 20 heavy (non-hydrogen) atoms. The summed E-state index contributed by atoms with van der Waals surface area (Å²) in [7, 11) is -2.51. The maximum absolute atomic E-state index is 6.21. The van der Waals surface area contributed by atoms with Gasteiger partial charge in [-0.15, -0.1) is 0 Å². The van der Waals surface area contributed by atoms with Crippen LogP contribution in [0.25, 0.3) is 0 Å². The van der Waals surface area contributed by atoms with Crippen molar-refractivity contribution in [1.29, 1.82) is 0 Å². The molecule has 0 radical (unpaired) electrons. The van der Waals surface area contributed by atoms with Crippen LogP contribution in [0, 0.1) is 0 Å². The zero-order valence-corrected chi connectivity index (χ0v) is 15.4. The molecule has 0 aromatic carbocycles. The molecule has 0 bridgehead atoms. The smallest absolute Gasteiger partial charge is 0.373 e. The first-order chi connectivity index (χ1) is 9.66. The van der Waals surface area contributed by atoms with Gasteiger partial charge in [0.1, 0.15) is 0 Å². The number of rotatable bonds is 14. The third kappa shape index (κ3) is 7.77. The molecule has 122 valence electrons. The first-order valence-corrected chi connectivity index (χ1v) is 10.4. The minimum absolute atomic E-state index is 0.382. The molecule has 0 heterocycles. The molecule has 0 spiro atoms. The molecule has 0 amide bonds. The zero-order valence-electron chi connectivity index (χ0n) is 14.4. The summed E-state index contributed by atoms with van der Waals surface area (Å²) in [6, 6.07) is 0. The summed E-state index contributed by atoms with van der Waals surface area (Å²) in [6.07, 6.45) is 7.74. The van der Waals surface area contributed by atoms with Crippen LogP contribution in [0.4, 0.5) is 0 Å². The SMILES string of the molecule is CCCCO[Si](OCCCC)(OCCCC)C(C)CC. The van der Waals surface area contributed by atoms with Crippen molar-refractivity contribution in [2.45, 2.75) is 85.1 Å². The first-order valence-electron chi connectivity index (χ1n) is 8.58. The highest BCUT2D eigenvalue weighted by atomic mass is 28.4. The van der Waals surface area contributed by atoms with Crippen molar-refractivity contribution in [2.75, 3.05) is 19.8 Å². The van der Waals surface area contributed by atoms with Gasteiger partial charge in [-0.25, -0.2) is 0 Å². The van der Waals surface area contributed by atoms with E-state index in [9.17, 15) is 0 Å². The van der Waals surface area contributed by atoms with Crippen LogP contribution in [-0.4, -0.2) is 28.6 Å². The average Bonchev–Trinajstić information content (AvgIpc) is 2.46. The zero-order chi connectivity index (χ0) is 15.3. The van der Waals surface area contributed by atoms with E-state index in [2.05, 4.69) is 34.6 Å². The van der Waals surface area contributed by atoms with Crippen LogP contribution >= 0.6 is 0 Å². The Morgan fingerprint density at radius 1 is 0.700 bits per heavy atom. The van der Waals surface area contributed by atoms with Crippen LogP contribution in [0.5, 0.6) is 0 Å². The van der Waals surface area contributed by atoms with Gasteiger partial charge in [0.25, 0.3) is 0 Å². The van der Waals surface area contributed by atoms with Gasteiger partial charge in [0, 0.05) is 25.4 Å². The number of hydrogen-bond donors (Lipinski definition) is 0. The second kappa shape index (κ2) is 12.8. The summed E-state index contributed by atoms with van der Waals surface area (Å²) in [5.74, 6) is 0. The predicted molar refractivity (Wildman–Crippen MR) is 88.0 cm³/mol. The standard InChI is InChI=1S/C16H36O3Si/c1-6-10-13-17-20(16(5)9-4,18-14-11-7-2)19-15-12-8-3/h16H,6-15H2,1-5H3. The molecule has 1 atom stereocenters. The van der Waals surface area contributed by atoms with Crippen molar-refractivity contribution in [3.05, 3.63) is 0 Å². The lowest BCUT2D eigenvalue weighted by molar-refractivity contribution is 0.0476. The summed E-state index contributed by atoms with van der Waals surface area (Å²) in [5, 5.41) is 0. The van der Waals surface area contributed by atoms with Crippen LogP contribution < -0.4 is 0 Å². The second-order valence-corrected chi connectivity index (χ2v) is 8.58. The summed E-state index contributed by atoms with van der Waals surface area (Å²) < 4.78 is 18.6. The fourth-order valence-corrected chi connectivity index (χ4v) is 4.77. The van der Waals surface area contributed by atoms with Crippen molar-refractivity contribution in [3.63, 3.8) is 0 Å². The van der Waals surface area contributed by atoms with Crippen molar-refractivity contribution in [1.82, 2.24) is 0 Å². The number of hydrogen-bond acceptors (Lipinski definition) is 3. The van der Waals surface area contributed by atoms with Gasteiger partial charge in [0.05, 0.1) is 0 Å². The molecular weight excluding hydrogens is 268 g/mol. The highest BCUT2D eigenvalue weighted by Gasteiger charge is 2.46. The lowest BCUT2D eigenvalue weighted by Crippen LogP contribution is -2.50. The maximum atomic E-state index is 6.21. The van der Waals surface area contributed by atoms with Gasteiger partial charge in [-0.3, -0.25) is 0 Å². The molecule has 1 unspecified atom stereocenters. The predicted octanol–water partition coefficient (Wildman–Crippen LogP) is 5.18. The summed E-state index contributed by atoms with van der Waals surface area (Å²) >= 11 is 0. The normalized spacial score (nSPS) is 13.7. The summed E-state index contributed by atoms with van der Waals surface area (Å²) in [5.41, 5.74) is 0.382. The van der Waals surface area contributed by atoms with Crippen molar-refractivity contribution >= 4 is 8.80 Å². The molecule has 0 saturated carbocycles. The fraction of sp³-hybridized carbons (Fsp3) is 1.00. The summed E-state index contributed by atoms with van der Waals surface area (Å²) in [6.45, 7) is 13.3. The van der Waals surface area contributed by atoms with E-state index >= 15 is 0 Å². The van der Waals surface area contributed by atoms with Crippen LogP contribution in [0.1, 0.15) is 79.6 Å². The summed E-state index contributed by atoms with van der Waals surface area (Å²) in [4.78, 5) is 0. The second-order valence-electron chi connectivity index (χ2n) is 5.52. The van der Waals surface area contributed by atoms with E-state index in [-0.39, 0.29) is 0 Å². The van der Waals surface area contributed by atoms with Crippen LogP contribution in [0.3, 0.4) is 0 Å². The lowest BCUT2D eigenvalue weighted by atomic mass is 10.4. The number of unbranched alkanes of at least 4 members (excludes halogenated alkanes) is 3. The van der Waals surface area contributed by atoms with E-state index in [4.69, 9.17) is 13.3 Å². The van der Waals surface area contributed by atoms with Crippen molar-refractivity contribution in [3.8, 4) is 0 Å². The molecule has 0 N–H and O–H groups in total. The average molecular weight is 305 g/mol. The van der Waals surface area contributed by atoms with E-state index in [0.29, 0.717) is 5.54 Å². The highest BCUT2D eigenvalue weighted by Crippen LogP contribution is 2.29. The van der Waals surface area contributed by atoms with Gasteiger partial charge in [-0.2, -0.15) is 0 Å². The van der Waals surface area contributed by atoms with E-state index < -0.39 is 8.80 Å². The molecule has 0 aliphatic rings. The van der Waals surface area contributed by atoms with Crippen LogP contribution in [0.2, 0.25) is 5.54 Å². The Balaban J connectivity index is 4.66. The third-order valence-electron chi connectivity index (χ3n) is 3.62. The van der Waals surface area contributed by atoms with Gasteiger partial charge in [-0.1, -0.05) is 53.9 Å². The van der Waals surface area contributed by atoms with Crippen molar-refractivity contribution < 1.29 is 13.3 Å². The molecule has 0 aliphatic heterocycles. The monoisotopic (exact) mass is 304 g/mol. The van der Waals surface area contributed by atoms with Crippen LogP contribution in [-0.2, 0) is 13.3 Å². The Hall–Kier alpha value is 0.0969. The fourth-order valence-electron chi connectivity index (χ4n) is 1.88. The van der Waals surface area contributed by atoms with Gasteiger partial charge in [0.15, 0.2) is 0 Å². The Morgan fingerprint density at radius 2 is 1.05 bits per heavy atom. The maximum Gasteiger partial charge on any atom is 0.503 e. The van der Waals surface area contributed by atoms with Crippen molar-refractivity contribution in [2.24, 2.45) is 0 Å². The Morgan fingerprint density at radius 3 is 1.30 bits per heavy atom. The minimum Gasteiger partial charge on any atom is -0.373 e. The molecule has 3 nitrogen and oxygen atoms in total. The molecule has 0 fully saturated rings. The quantitative estimate of drug-likeness (QED) is 0.327. The minimum atomic E-state index is -2.51. The van der Waals surface area contributed by atoms with E-state index in [1.807, 2.05) is 0 Å². The molecule has 4 heteroatoms. The molecule has 0 aromatic heterocycles. The van der Waals surface area contributed by atoms with Gasteiger partial charge in [-0.05, 0) is 25.7 Å². The lowest BCUT2D eigenvalue weighted by Gasteiger charge is -2.34. The first kappa shape index (κ1) is 20.1. The largest absolute Gasteiger partial charge is 0.503 e. The molecular formula is C16H36O3Si. The van der Waals surface area contributed by atoms with E-state index in [1.165, 1.54) is 0 Å². The third-order valence-corrected chi connectivity index (χ3v) is 7.05. The molecule has 0 aromatic rings. The molecule has 0 aliphatic carbocycles. The van der Waals surface area contributed by atoms with Gasteiger partial charge < -0.3 is 13.3 Å². The van der Waals surface area contributed by atoms with Crippen LogP contribution in [0.15, 0.2) is 0 Å². The Labute approximate surface area is 127 Å². The Kier molecular flexibility index (Phi) is 12.9. The molecule has 0 rings (SSSR count). The molecule has 0 saturated heterocycles. The highest BCUT2D eigenvalue weighted by molar-refractivity contribution is 6.62. The van der Waals surface area contributed by atoms with E-state index in [1.54, 1.807) is 0 Å².